The molecule has 0 atom stereocenters. The summed E-state index contributed by atoms with van der Waals surface area (Å²) in [7, 11) is 0. The van der Waals surface area contributed by atoms with E-state index in [4.69, 9.17) is 4.74 Å². The van der Waals surface area contributed by atoms with Crippen molar-refractivity contribution in [2.75, 3.05) is 0 Å². The molecule has 0 radical (unpaired) electrons. The number of aromatic nitrogens is 1. The van der Waals surface area contributed by atoms with Crippen molar-refractivity contribution in [1.29, 1.82) is 0 Å². The molecule has 0 aliphatic heterocycles. The monoisotopic (exact) mass is 319 g/mol. The molecule has 0 unspecified atom stereocenters. The maximum Gasteiger partial charge on any atom is 0.376 e. The van der Waals surface area contributed by atoms with Gasteiger partial charge >= 0.3 is 17.2 Å². The van der Waals surface area contributed by atoms with Crippen LogP contribution >= 0.6 is 0 Å². The van der Waals surface area contributed by atoms with Gasteiger partial charge in [0.1, 0.15) is 0 Å². The zero-order valence-corrected chi connectivity index (χ0v) is 11.6. The van der Waals surface area contributed by atoms with E-state index in [1.165, 1.54) is 25.1 Å². The summed E-state index contributed by atoms with van der Waals surface area (Å²) in [5.41, 5.74) is -2.20. The zero-order chi connectivity index (χ0) is 17.1. The summed E-state index contributed by atoms with van der Waals surface area (Å²) < 4.78 is 4.87. The number of pyridine rings is 1. The van der Waals surface area contributed by atoms with Crippen molar-refractivity contribution in [3.63, 3.8) is 0 Å². The molecule has 118 valence electrons. The van der Waals surface area contributed by atoms with Gasteiger partial charge in [0.25, 0.3) is 5.69 Å². The van der Waals surface area contributed by atoms with Gasteiger partial charge in [-0.15, -0.1) is 0 Å². The van der Waals surface area contributed by atoms with Gasteiger partial charge in [0.2, 0.25) is 5.75 Å². The van der Waals surface area contributed by atoms with E-state index in [9.17, 15) is 29.8 Å². The first kappa shape index (κ1) is 15.8. The minimum atomic E-state index is -1.05. The topological polar surface area (TPSA) is 145 Å². The summed E-state index contributed by atoms with van der Waals surface area (Å²) in [6.07, 6.45) is 0. The number of H-pyrrole nitrogens is 1. The second-order valence-electron chi connectivity index (χ2n) is 4.45. The lowest BCUT2D eigenvalue weighted by Gasteiger charge is -2.05. The van der Waals surface area contributed by atoms with Gasteiger partial charge in [0, 0.05) is 23.9 Å². The number of nitrogens with zero attached hydrogens (tertiary/aromatic N) is 2. The van der Waals surface area contributed by atoms with Crippen molar-refractivity contribution >= 4 is 17.3 Å². The highest BCUT2D eigenvalue weighted by molar-refractivity contribution is 5.92. The van der Waals surface area contributed by atoms with Crippen LogP contribution in [-0.2, 0) is 0 Å². The Balaban J connectivity index is 2.41. The molecule has 23 heavy (non-hydrogen) atoms. The Morgan fingerprint density at radius 3 is 2.48 bits per heavy atom. The lowest BCUT2D eigenvalue weighted by Crippen LogP contribution is -2.17. The molecule has 1 aromatic carbocycles. The summed E-state index contributed by atoms with van der Waals surface area (Å²) in [6.45, 7) is 1.45. The molecule has 0 saturated carbocycles. The van der Waals surface area contributed by atoms with Crippen LogP contribution in [0.15, 0.2) is 35.1 Å². The van der Waals surface area contributed by atoms with E-state index in [-0.39, 0.29) is 16.9 Å². The molecular formula is C13H9N3O7. The molecule has 1 heterocycles. The number of nitrogens with one attached hydrogen (secondary N) is 1. The summed E-state index contributed by atoms with van der Waals surface area (Å²) in [6, 6.07) is 5.78. The number of carbonyl (C=O) groups excluding carboxylic acids is 1. The summed E-state index contributed by atoms with van der Waals surface area (Å²) in [5, 5.41) is 21.6. The van der Waals surface area contributed by atoms with Gasteiger partial charge in [0.05, 0.1) is 15.4 Å². The molecule has 0 aliphatic carbocycles. The van der Waals surface area contributed by atoms with E-state index >= 15 is 0 Å². The average Bonchev–Trinajstić information content (AvgIpc) is 2.46. The van der Waals surface area contributed by atoms with Gasteiger partial charge in [-0.1, -0.05) is 6.07 Å². The molecule has 0 aliphatic rings. The van der Waals surface area contributed by atoms with E-state index in [1.54, 1.807) is 0 Å². The predicted octanol–water partition coefficient (Wildman–Crippen LogP) is 1.72. The van der Waals surface area contributed by atoms with Crippen molar-refractivity contribution in [1.82, 2.24) is 4.98 Å². The van der Waals surface area contributed by atoms with Gasteiger partial charge in [0.15, 0.2) is 0 Å². The van der Waals surface area contributed by atoms with Crippen LogP contribution in [0, 0.1) is 27.2 Å². The maximum absolute atomic E-state index is 12.0. The lowest BCUT2D eigenvalue weighted by molar-refractivity contribution is -0.387. The third kappa shape index (κ3) is 3.37. The Hall–Kier alpha value is -3.56. The maximum atomic E-state index is 12.0. The Morgan fingerprint density at radius 1 is 1.17 bits per heavy atom. The van der Waals surface area contributed by atoms with Crippen LogP contribution in [0.1, 0.15) is 16.1 Å². The first-order chi connectivity index (χ1) is 10.8. The fourth-order valence-electron chi connectivity index (χ4n) is 1.81. The zero-order valence-electron chi connectivity index (χ0n) is 11.6. The number of rotatable bonds is 4. The number of aryl methyl sites for hydroxylation is 1. The van der Waals surface area contributed by atoms with Crippen molar-refractivity contribution in [2.24, 2.45) is 0 Å². The number of carbonyl (C=O) groups is 1. The van der Waals surface area contributed by atoms with Crippen LogP contribution in [0.4, 0.5) is 11.4 Å². The number of benzene rings is 1. The number of hydrogen-bond acceptors (Lipinski definition) is 7. The Bertz CT molecular complexity index is 872. The number of ether oxygens (including phenoxy) is 1. The smallest absolute Gasteiger partial charge is 0.376 e. The van der Waals surface area contributed by atoms with Crippen molar-refractivity contribution in [3.05, 3.63) is 72.2 Å². The predicted molar refractivity (Wildman–Crippen MR) is 76.5 cm³/mol. The molecule has 1 N–H and O–H groups in total. The second-order valence-corrected chi connectivity index (χ2v) is 4.45. The SMILES string of the molecule is Cc1cc(OC(=O)c2cccc([N+](=O)[O-])c2)c([N+](=O)[O-])c(=O)[nH]1. The highest BCUT2D eigenvalue weighted by Crippen LogP contribution is 2.24. The molecule has 0 spiro atoms. The van der Waals surface area contributed by atoms with Gasteiger partial charge in [-0.2, -0.15) is 0 Å². The Kier molecular flexibility index (Phi) is 4.16. The second kappa shape index (κ2) is 6.05. The molecule has 0 bridgehead atoms. The Morgan fingerprint density at radius 2 is 1.87 bits per heavy atom. The number of nitro groups is 2. The van der Waals surface area contributed by atoms with Gasteiger partial charge in [-0.05, 0) is 13.0 Å². The van der Waals surface area contributed by atoms with Crippen LogP contribution in [0.5, 0.6) is 5.75 Å². The van der Waals surface area contributed by atoms with Gasteiger partial charge < -0.3 is 9.72 Å². The van der Waals surface area contributed by atoms with Crippen LogP contribution in [0.25, 0.3) is 0 Å². The average molecular weight is 319 g/mol. The largest absolute Gasteiger partial charge is 0.415 e. The number of esters is 1. The molecule has 2 rings (SSSR count). The molecule has 10 nitrogen and oxygen atoms in total. The van der Waals surface area contributed by atoms with Crippen molar-refractivity contribution in [2.45, 2.75) is 6.92 Å². The number of aromatic amines is 1. The highest BCUT2D eigenvalue weighted by atomic mass is 16.6. The number of hydrogen-bond donors (Lipinski definition) is 1. The molecule has 10 heteroatoms. The molecule has 0 saturated heterocycles. The summed E-state index contributed by atoms with van der Waals surface area (Å²) in [4.78, 5) is 45.7. The number of nitro benzene ring substituents is 1. The van der Waals surface area contributed by atoms with Crippen LogP contribution in [-0.4, -0.2) is 20.8 Å². The standard InChI is InChI=1S/C13H9N3O7/c1-7-5-10(11(16(21)22)12(17)14-7)23-13(18)8-3-2-4-9(6-8)15(19)20/h2-6H,1H3,(H,14,17). The quantitative estimate of drug-likeness (QED) is 0.512. The first-order valence-corrected chi connectivity index (χ1v) is 6.14. The third-order valence-electron chi connectivity index (χ3n) is 2.78. The molecular weight excluding hydrogens is 310 g/mol. The van der Waals surface area contributed by atoms with E-state index in [0.717, 1.165) is 12.1 Å². The van der Waals surface area contributed by atoms with E-state index in [0.29, 0.717) is 0 Å². The number of non-ortho nitro benzene ring substituents is 1. The van der Waals surface area contributed by atoms with Crippen LogP contribution < -0.4 is 10.3 Å². The normalized spacial score (nSPS) is 10.1. The van der Waals surface area contributed by atoms with Gasteiger partial charge in [-0.25, -0.2) is 4.79 Å². The Labute approximate surface area is 127 Å². The molecule has 1 aromatic heterocycles. The van der Waals surface area contributed by atoms with Crippen molar-refractivity contribution in [3.8, 4) is 5.75 Å². The van der Waals surface area contributed by atoms with Crippen LogP contribution in [0.2, 0.25) is 0 Å². The fraction of sp³-hybridized carbons (Fsp3) is 0.0769. The summed E-state index contributed by atoms with van der Waals surface area (Å²) in [5.74, 6) is -1.59. The minimum absolute atomic E-state index is 0.175. The first-order valence-electron chi connectivity index (χ1n) is 6.14. The lowest BCUT2D eigenvalue weighted by atomic mass is 10.2. The minimum Gasteiger partial charge on any atom is -0.415 e. The van der Waals surface area contributed by atoms with E-state index in [2.05, 4.69) is 4.98 Å². The summed E-state index contributed by atoms with van der Waals surface area (Å²) >= 11 is 0. The van der Waals surface area contributed by atoms with Crippen LogP contribution in [0.3, 0.4) is 0 Å². The highest BCUT2D eigenvalue weighted by Gasteiger charge is 2.24. The fourth-order valence-corrected chi connectivity index (χ4v) is 1.81. The molecule has 0 fully saturated rings. The molecule has 2 aromatic rings. The molecule has 0 amide bonds. The third-order valence-corrected chi connectivity index (χ3v) is 2.78. The van der Waals surface area contributed by atoms with E-state index < -0.39 is 32.8 Å². The van der Waals surface area contributed by atoms with E-state index in [1.807, 2.05) is 0 Å². The van der Waals surface area contributed by atoms with Crippen molar-refractivity contribution < 1.29 is 19.4 Å². The van der Waals surface area contributed by atoms with Gasteiger partial charge in [-0.3, -0.25) is 25.0 Å².